The van der Waals surface area contributed by atoms with Crippen molar-refractivity contribution in [1.82, 2.24) is 0 Å². The van der Waals surface area contributed by atoms with Gasteiger partial charge in [0.15, 0.2) is 0 Å². The number of hydrogen-bond donors (Lipinski definition) is 1. The minimum atomic E-state index is -0.115. The van der Waals surface area contributed by atoms with Gasteiger partial charge < -0.3 is 5.32 Å². The van der Waals surface area contributed by atoms with Gasteiger partial charge in [-0.3, -0.25) is 9.59 Å². The van der Waals surface area contributed by atoms with E-state index >= 15 is 0 Å². The highest BCUT2D eigenvalue weighted by Crippen LogP contribution is 2.34. The number of carbonyl (C=O) groups is 2. The van der Waals surface area contributed by atoms with Gasteiger partial charge in [0.2, 0.25) is 11.7 Å². The van der Waals surface area contributed by atoms with Gasteiger partial charge in [-0.05, 0) is 52.2 Å². The second-order valence-corrected chi connectivity index (χ2v) is 7.39. The summed E-state index contributed by atoms with van der Waals surface area (Å²) < 4.78 is 0.940. The Morgan fingerprint density at radius 2 is 2.15 bits per heavy atom. The van der Waals surface area contributed by atoms with Crippen LogP contribution in [-0.4, -0.2) is 11.7 Å². The van der Waals surface area contributed by atoms with Crippen molar-refractivity contribution in [3.8, 4) is 0 Å². The summed E-state index contributed by atoms with van der Waals surface area (Å²) in [6.45, 7) is 1.93. The molecule has 1 N–H and O–H groups in total. The second-order valence-electron chi connectivity index (χ2n) is 4.61. The number of benzene rings is 1. The van der Waals surface area contributed by atoms with Crippen molar-refractivity contribution in [2.45, 2.75) is 13.3 Å². The summed E-state index contributed by atoms with van der Waals surface area (Å²) in [6, 6.07) is 5.19. The fourth-order valence-electron chi connectivity index (χ4n) is 2.13. The zero-order chi connectivity index (χ0) is 14.4. The van der Waals surface area contributed by atoms with Crippen molar-refractivity contribution >= 4 is 56.2 Å². The molecule has 0 radical (unpaired) electrons. The number of halogens is 2. The fourth-order valence-corrected chi connectivity index (χ4v) is 3.87. The molecule has 1 aliphatic rings. The van der Waals surface area contributed by atoms with Gasteiger partial charge in [0, 0.05) is 11.3 Å². The molecule has 1 aliphatic heterocycles. The minimum Gasteiger partial charge on any atom is -0.325 e. The van der Waals surface area contributed by atoms with Crippen LogP contribution in [0.2, 0.25) is 5.02 Å². The van der Waals surface area contributed by atoms with Crippen LogP contribution in [0.3, 0.4) is 0 Å². The Balaban J connectivity index is 2.04. The third-order valence-corrected chi connectivity index (χ3v) is 5.59. The Labute approximate surface area is 133 Å². The van der Waals surface area contributed by atoms with E-state index in [1.807, 2.05) is 13.0 Å². The Morgan fingerprint density at radius 3 is 2.80 bits per heavy atom. The number of ketones is 1. The SMILES string of the molecule is Cc1cc(C(=O)c2cc3c(cc2Cl)NC(=O)C3)sc1Br. The molecule has 3 rings (SSSR count). The van der Waals surface area contributed by atoms with Crippen LogP contribution >= 0.6 is 38.9 Å². The van der Waals surface area contributed by atoms with Gasteiger partial charge in [0.05, 0.1) is 20.1 Å². The van der Waals surface area contributed by atoms with E-state index in [0.29, 0.717) is 27.6 Å². The first-order chi connectivity index (χ1) is 9.45. The monoisotopic (exact) mass is 369 g/mol. The molecule has 6 heteroatoms. The van der Waals surface area contributed by atoms with Crippen molar-refractivity contribution in [1.29, 1.82) is 0 Å². The van der Waals surface area contributed by atoms with E-state index in [1.165, 1.54) is 11.3 Å². The molecule has 1 aromatic carbocycles. The lowest BCUT2D eigenvalue weighted by Gasteiger charge is -2.05. The average molecular weight is 371 g/mol. The molecule has 20 heavy (non-hydrogen) atoms. The van der Waals surface area contributed by atoms with E-state index in [2.05, 4.69) is 21.2 Å². The molecule has 2 heterocycles. The molecule has 0 saturated heterocycles. The zero-order valence-electron chi connectivity index (χ0n) is 10.4. The lowest BCUT2D eigenvalue weighted by Crippen LogP contribution is -2.03. The first-order valence-corrected chi connectivity index (χ1v) is 7.87. The minimum absolute atomic E-state index is 0.0737. The molecule has 102 valence electrons. The summed E-state index contributed by atoms with van der Waals surface area (Å²) >= 11 is 11.0. The zero-order valence-corrected chi connectivity index (χ0v) is 13.6. The van der Waals surface area contributed by atoms with Crippen LogP contribution < -0.4 is 5.32 Å². The molecule has 1 aromatic heterocycles. The summed E-state index contributed by atoms with van der Waals surface area (Å²) in [5.74, 6) is -0.189. The van der Waals surface area contributed by atoms with Crippen molar-refractivity contribution < 1.29 is 9.59 Å². The van der Waals surface area contributed by atoms with Gasteiger partial charge in [-0.1, -0.05) is 11.6 Å². The first kappa shape index (κ1) is 13.8. The van der Waals surface area contributed by atoms with Crippen LogP contribution in [0.1, 0.15) is 26.4 Å². The van der Waals surface area contributed by atoms with E-state index in [4.69, 9.17) is 11.6 Å². The predicted octanol–water partition coefficient (Wildman–Crippen LogP) is 4.20. The standard InChI is InChI=1S/C14H9BrClNO2S/c1-6-2-11(20-14(6)15)13(19)8-3-7-4-12(18)17-10(7)5-9(8)16/h2-3,5H,4H2,1H3,(H,17,18). The topological polar surface area (TPSA) is 46.2 Å². The number of anilines is 1. The third kappa shape index (κ3) is 2.30. The number of thiophene rings is 1. The van der Waals surface area contributed by atoms with Gasteiger partial charge in [0.25, 0.3) is 0 Å². The Hall–Kier alpha value is -1.17. The van der Waals surface area contributed by atoms with E-state index in [0.717, 1.165) is 14.9 Å². The maximum Gasteiger partial charge on any atom is 0.228 e. The van der Waals surface area contributed by atoms with E-state index in [1.54, 1.807) is 12.1 Å². The highest BCUT2D eigenvalue weighted by atomic mass is 79.9. The molecule has 0 unspecified atom stereocenters. The summed E-state index contributed by atoms with van der Waals surface area (Å²) in [4.78, 5) is 24.5. The molecule has 0 bridgehead atoms. The van der Waals surface area contributed by atoms with Crippen LogP contribution in [-0.2, 0) is 11.2 Å². The number of aryl methyl sites for hydroxylation is 1. The highest BCUT2D eigenvalue weighted by Gasteiger charge is 2.23. The van der Waals surface area contributed by atoms with Crippen molar-refractivity contribution in [2.75, 3.05) is 5.32 Å². The molecule has 0 saturated carbocycles. The van der Waals surface area contributed by atoms with Crippen molar-refractivity contribution in [2.24, 2.45) is 0 Å². The van der Waals surface area contributed by atoms with Gasteiger partial charge in [0.1, 0.15) is 0 Å². The van der Waals surface area contributed by atoms with Gasteiger partial charge in [-0.15, -0.1) is 11.3 Å². The summed E-state index contributed by atoms with van der Waals surface area (Å²) in [5.41, 5.74) is 2.97. The number of amides is 1. The molecular formula is C14H9BrClNO2S. The van der Waals surface area contributed by atoms with Crippen molar-refractivity contribution in [3.05, 3.63) is 48.6 Å². The number of hydrogen-bond acceptors (Lipinski definition) is 3. The molecule has 2 aromatic rings. The quantitative estimate of drug-likeness (QED) is 0.805. The smallest absolute Gasteiger partial charge is 0.228 e. The normalized spacial score (nSPS) is 13.2. The van der Waals surface area contributed by atoms with E-state index in [-0.39, 0.29) is 11.7 Å². The molecule has 0 spiro atoms. The van der Waals surface area contributed by atoms with Gasteiger partial charge in [-0.25, -0.2) is 0 Å². The second kappa shape index (κ2) is 4.98. The third-order valence-electron chi connectivity index (χ3n) is 3.14. The van der Waals surface area contributed by atoms with Crippen molar-refractivity contribution in [3.63, 3.8) is 0 Å². The Kier molecular flexibility index (Phi) is 3.44. The maximum atomic E-state index is 12.5. The lowest BCUT2D eigenvalue weighted by molar-refractivity contribution is -0.115. The van der Waals surface area contributed by atoms with Crippen LogP contribution in [0, 0.1) is 6.92 Å². The molecule has 3 nitrogen and oxygen atoms in total. The molecular weight excluding hydrogens is 362 g/mol. The average Bonchev–Trinajstić information content (AvgIpc) is 2.90. The predicted molar refractivity (Wildman–Crippen MR) is 84.0 cm³/mol. The first-order valence-electron chi connectivity index (χ1n) is 5.88. The maximum absolute atomic E-state index is 12.5. The molecule has 0 aliphatic carbocycles. The highest BCUT2D eigenvalue weighted by molar-refractivity contribution is 9.11. The summed E-state index contributed by atoms with van der Waals surface area (Å²) in [6.07, 6.45) is 0.292. The molecule has 1 amide bonds. The number of nitrogens with one attached hydrogen (secondary N) is 1. The summed E-state index contributed by atoms with van der Waals surface area (Å²) in [5, 5.41) is 3.08. The lowest BCUT2D eigenvalue weighted by atomic mass is 10.0. The number of carbonyl (C=O) groups excluding carboxylic acids is 2. The Bertz CT molecular complexity index is 734. The summed E-state index contributed by atoms with van der Waals surface area (Å²) in [7, 11) is 0. The van der Waals surface area contributed by atoms with Crippen LogP contribution in [0.25, 0.3) is 0 Å². The number of fused-ring (bicyclic) bond motifs is 1. The number of rotatable bonds is 2. The van der Waals surface area contributed by atoms with E-state index < -0.39 is 0 Å². The Morgan fingerprint density at radius 1 is 1.40 bits per heavy atom. The van der Waals surface area contributed by atoms with Crippen LogP contribution in [0.15, 0.2) is 22.0 Å². The fraction of sp³-hybridized carbons (Fsp3) is 0.143. The van der Waals surface area contributed by atoms with Gasteiger partial charge in [-0.2, -0.15) is 0 Å². The van der Waals surface area contributed by atoms with Gasteiger partial charge >= 0.3 is 0 Å². The largest absolute Gasteiger partial charge is 0.325 e. The molecule has 0 fully saturated rings. The van der Waals surface area contributed by atoms with Crippen LogP contribution in [0.4, 0.5) is 5.69 Å². The van der Waals surface area contributed by atoms with Crippen LogP contribution in [0.5, 0.6) is 0 Å². The molecule has 0 atom stereocenters. The van der Waals surface area contributed by atoms with E-state index in [9.17, 15) is 9.59 Å².